The number of hydrogen-bond donors (Lipinski definition) is 2. The summed E-state index contributed by atoms with van der Waals surface area (Å²) in [6.45, 7) is 1.37. The molecule has 0 unspecified atom stereocenters. The summed E-state index contributed by atoms with van der Waals surface area (Å²) in [7, 11) is 0. The van der Waals surface area contributed by atoms with Crippen LogP contribution in [-0.4, -0.2) is 17.6 Å². The standard InChI is InChI=1S/C10H12F2N2O3/c1-2-17-10(16)5-4-14-6(3-13)7(8(5)15)9(11)12/h4,9H,2-3,13H2,1H3,(H,14,15). The first-order valence-electron chi connectivity index (χ1n) is 4.92. The van der Waals surface area contributed by atoms with Crippen LogP contribution in [0.5, 0.6) is 0 Å². The molecule has 0 bridgehead atoms. The van der Waals surface area contributed by atoms with E-state index < -0.39 is 29.0 Å². The van der Waals surface area contributed by atoms with E-state index in [0.717, 1.165) is 6.20 Å². The molecule has 0 aliphatic rings. The summed E-state index contributed by atoms with van der Waals surface area (Å²) in [6, 6.07) is 0. The molecule has 0 fully saturated rings. The molecule has 0 radical (unpaired) electrons. The highest BCUT2D eigenvalue weighted by Gasteiger charge is 2.22. The van der Waals surface area contributed by atoms with E-state index in [9.17, 15) is 18.4 Å². The van der Waals surface area contributed by atoms with Gasteiger partial charge in [-0.1, -0.05) is 0 Å². The van der Waals surface area contributed by atoms with Gasteiger partial charge in [0.15, 0.2) is 0 Å². The second kappa shape index (κ2) is 5.53. The van der Waals surface area contributed by atoms with Gasteiger partial charge in [-0.05, 0) is 6.92 Å². The maximum atomic E-state index is 12.7. The minimum absolute atomic E-state index is 0.0565. The van der Waals surface area contributed by atoms with Crippen molar-refractivity contribution in [3.05, 3.63) is 33.2 Å². The predicted octanol–water partition coefficient (Wildman–Crippen LogP) is 0.948. The van der Waals surface area contributed by atoms with Gasteiger partial charge in [-0.25, -0.2) is 13.6 Å². The van der Waals surface area contributed by atoms with E-state index in [1.54, 1.807) is 6.92 Å². The van der Waals surface area contributed by atoms with Gasteiger partial charge in [0, 0.05) is 18.4 Å². The van der Waals surface area contributed by atoms with Crippen LogP contribution in [0.3, 0.4) is 0 Å². The molecule has 1 aromatic heterocycles. The normalized spacial score (nSPS) is 10.6. The third-order valence-electron chi connectivity index (χ3n) is 2.12. The van der Waals surface area contributed by atoms with Crippen LogP contribution in [0.2, 0.25) is 0 Å². The summed E-state index contributed by atoms with van der Waals surface area (Å²) in [5.74, 6) is -0.931. The van der Waals surface area contributed by atoms with Crippen molar-refractivity contribution in [3.63, 3.8) is 0 Å². The summed E-state index contributed by atoms with van der Waals surface area (Å²) in [5, 5.41) is 0. The molecule has 0 spiro atoms. The summed E-state index contributed by atoms with van der Waals surface area (Å²) in [6.07, 6.45) is -1.96. The number of esters is 1. The second-order valence-electron chi connectivity index (χ2n) is 3.15. The first-order valence-corrected chi connectivity index (χ1v) is 4.92. The Balaban J connectivity index is 3.33. The molecule has 7 heteroatoms. The molecule has 0 aliphatic carbocycles. The van der Waals surface area contributed by atoms with Gasteiger partial charge in [0.25, 0.3) is 6.43 Å². The highest BCUT2D eigenvalue weighted by Crippen LogP contribution is 2.18. The Labute approximate surface area is 95.6 Å². The molecular formula is C10H12F2N2O3. The van der Waals surface area contributed by atoms with Crippen LogP contribution < -0.4 is 11.2 Å². The van der Waals surface area contributed by atoms with E-state index in [1.807, 2.05) is 0 Å². The average molecular weight is 246 g/mol. The van der Waals surface area contributed by atoms with Gasteiger partial charge < -0.3 is 15.5 Å². The molecular weight excluding hydrogens is 234 g/mol. The van der Waals surface area contributed by atoms with Crippen molar-refractivity contribution in [2.45, 2.75) is 19.9 Å². The van der Waals surface area contributed by atoms with Gasteiger partial charge in [0.1, 0.15) is 5.56 Å². The molecule has 3 N–H and O–H groups in total. The molecule has 1 heterocycles. The number of H-pyrrole nitrogens is 1. The van der Waals surface area contributed by atoms with Crippen LogP contribution in [0.4, 0.5) is 8.78 Å². The zero-order chi connectivity index (χ0) is 13.0. The molecule has 94 valence electrons. The third kappa shape index (κ3) is 2.68. The lowest BCUT2D eigenvalue weighted by molar-refractivity contribution is 0.0523. The van der Waals surface area contributed by atoms with Crippen molar-refractivity contribution in [1.82, 2.24) is 4.98 Å². The third-order valence-corrected chi connectivity index (χ3v) is 2.12. The summed E-state index contributed by atoms with van der Waals surface area (Å²) in [4.78, 5) is 25.4. The lowest BCUT2D eigenvalue weighted by Gasteiger charge is -2.08. The van der Waals surface area contributed by atoms with Gasteiger partial charge in [0.2, 0.25) is 5.43 Å². The fourth-order valence-electron chi connectivity index (χ4n) is 1.34. The Kier molecular flexibility index (Phi) is 4.33. The number of hydrogen-bond acceptors (Lipinski definition) is 4. The highest BCUT2D eigenvalue weighted by molar-refractivity contribution is 5.89. The number of carbonyl (C=O) groups excluding carboxylic acids is 1. The van der Waals surface area contributed by atoms with Gasteiger partial charge in [0.05, 0.1) is 12.2 Å². The van der Waals surface area contributed by atoms with E-state index in [1.165, 1.54) is 0 Å². The number of ether oxygens (including phenoxy) is 1. The van der Waals surface area contributed by atoms with Crippen molar-refractivity contribution in [1.29, 1.82) is 0 Å². The fraction of sp³-hybridized carbons (Fsp3) is 0.400. The first-order chi connectivity index (χ1) is 8.02. The van der Waals surface area contributed by atoms with Crippen LogP contribution in [-0.2, 0) is 11.3 Å². The summed E-state index contributed by atoms with van der Waals surface area (Å²) >= 11 is 0. The number of rotatable bonds is 4. The number of halogens is 2. The molecule has 1 aromatic rings. The Bertz CT molecular complexity index is 471. The minimum atomic E-state index is -2.99. The second-order valence-corrected chi connectivity index (χ2v) is 3.15. The van der Waals surface area contributed by atoms with Crippen LogP contribution in [0.15, 0.2) is 11.0 Å². The number of aromatic amines is 1. The number of nitrogens with one attached hydrogen (secondary N) is 1. The van der Waals surface area contributed by atoms with Crippen molar-refractivity contribution in [2.75, 3.05) is 6.61 Å². The SMILES string of the molecule is CCOC(=O)c1c[nH]c(CN)c(C(F)F)c1=O. The molecule has 17 heavy (non-hydrogen) atoms. The van der Waals surface area contributed by atoms with Crippen molar-refractivity contribution < 1.29 is 18.3 Å². The number of nitrogens with two attached hydrogens (primary N) is 1. The van der Waals surface area contributed by atoms with Gasteiger partial charge in [-0.2, -0.15) is 0 Å². The number of carbonyl (C=O) groups is 1. The zero-order valence-corrected chi connectivity index (χ0v) is 9.13. The quantitative estimate of drug-likeness (QED) is 0.774. The number of aromatic nitrogens is 1. The van der Waals surface area contributed by atoms with Crippen LogP contribution in [0, 0.1) is 0 Å². The highest BCUT2D eigenvalue weighted by atomic mass is 19.3. The number of pyridine rings is 1. The summed E-state index contributed by atoms with van der Waals surface area (Å²) in [5.41, 5.74) is 2.87. The Hall–Kier alpha value is -1.76. The lowest BCUT2D eigenvalue weighted by atomic mass is 10.1. The van der Waals surface area contributed by atoms with Crippen LogP contribution >= 0.6 is 0 Å². The smallest absolute Gasteiger partial charge is 0.343 e. The van der Waals surface area contributed by atoms with Gasteiger partial charge >= 0.3 is 5.97 Å². The fourth-order valence-corrected chi connectivity index (χ4v) is 1.34. The van der Waals surface area contributed by atoms with E-state index in [2.05, 4.69) is 9.72 Å². The van der Waals surface area contributed by atoms with Gasteiger partial charge in [-0.15, -0.1) is 0 Å². The molecule has 0 amide bonds. The molecule has 1 rings (SSSR count). The average Bonchev–Trinajstić information content (AvgIpc) is 2.27. The van der Waals surface area contributed by atoms with E-state index in [4.69, 9.17) is 5.73 Å². The molecule has 0 aromatic carbocycles. The maximum absolute atomic E-state index is 12.7. The molecule has 0 saturated carbocycles. The Morgan fingerprint density at radius 3 is 2.71 bits per heavy atom. The molecule has 0 atom stereocenters. The van der Waals surface area contributed by atoms with Crippen LogP contribution in [0.1, 0.15) is 35.0 Å². The largest absolute Gasteiger partial charge is 0.462 e. The Morgan fingerprint density at radius 2 is 2.24 bits per heavy atom. The van der Waals surface area contributed by atoms with Crippen molar-refractivity contribution in [3.8, 4) is 0 Å². The first kappa shape index (κ1) is 13.3. The minimum Gasteiger partial charge on any atom is -0.462 e. The van der Waals surface area contributed by atoms with E-state index >= 15 is 0 Å². The summed E-state index contributed by atoms with van der Waals surface area (Å²) < 4.78 is 29.9. The van der Waals surface area contributed by atoms with Crippen molar-refractivity contribution in [2.24, 2.45) is 5.73 Å². The van der Waals surface area contributed by atoms with Crippen LogP contribution in [0.25, 0.3) is 0 Å². The maximum Gasteiger partial charge on any atom is 0.343 e. The topological polar surface area (TPSA) is 85.2 Å². The zero-order valence-electron chi connectivity index (χ0n) is 9.13. The monoisotopic (exact) mass is 246 g/mol. The van der Waals surface area contributed by atoms with E-state index in [0.29, 0.717) is 0 Å². The Morgan fingerprint density at radius 1 is 1.59 bits per heavy atom. The molecule has 5 nitrogen and oxygen atoms in total. The number of alkyl halides is 2. The van der Waals surface area contributed by atoms with Crippen molar-refractivity contribution >= 4 is 5.97 Å². The lowest BCUT2D eigenvalue weighted by Crippen LogP contribution is -2.24. The molecule has 0 aliphatic heterocycles. The molecule has 0 saturated heterocycles. The van der Waals surface area contributed by atoms with E-state index in [-0.39, 0.29) is 18.8 Å². The van der Waals surface area contributed by atoms with Gasteiger partial charge in [-0.3, -0.25) is 4.79 Å². The predicted molar refractivity (Wildman–Crippen MR) is 55.9 cm³/mol.